The highest BCUT2D eigenvalue weighted by Gasteiger charge is 2.31. The molecule has 0 spiro atoms. The SMILES string of the molecule is O=C(C1CCCO1)N1CCN(c2nc(-c3ccccc3)nc3ccccc23)CC1. The fourth-order valence-electron chi connectivity index (χ4n) is 4.13. The molecule has 0 saturated carbocycles. The zero-order valence-electron chi connectivity index (χ0n) is 16.3. The van der Waals surface area contributed by atoms with E-state index in [1.807, 2.05) is 53.4 Å². The van der Waals surface area contributed by atoms with Crippen LogP contribution in [0, 0.1) is 0 Å². The Bertz CT molecular complexity index is 1010. The summed E-state index contributed by atoms with van der Waals surface area (Å²) in [6.07, 6.45) is 1.58. The molecule has 1 atom stereocenters. The summed E-state index contributed by atoms with van der Waals surface area (Å²) in [7, 11) is 0. The molecule has 3 heterocycles. The summed E-state index contributed by atoms with van der Waals surface area (Å²) in [6.45, 7) is 3.60. The number of amides is 1. The molecule has 29 heavy (non-hydrogen) atoms. The van der Waals surface area contributed by atoms with Gasteiger partial charge in [0.1, 0.15) is 11.9 Å². The van der Waals surface area contributed by atoms with Crippen molar-refractivity contribution in [1.29, 1.82) is 0 Å². The summed E-state index contributed by atoms with van der Waals surface area (Å²) in [5.41, 5.74) is 1.95. The molecule has 0 aliphatic carbocycles. The highest BCUT2D eigenvalue weighted by molar-refractivity contribution is 5.91. The van der Waals surface area contributed by atoms with Crippen molar-refractivity contribution < 1.29 is 9.53 Å². The minimum atomic E-state index is -0.244. The van der Waals surface area contributed by atoms with Gasteiger partial charge in [-0.2, -0.15) is 0 Å². The number of hydrogen-bond acceptors (Lipinski definition) is 5. The molecule has 6 heteroatoms. The van der Waals surface area contributed by atoms with E-state index in [1.165, 1.54) is 0 Å². The molecule has 2 aliphatic heterocycles. The molecule has 3 aromatic rings. The van der Waals surface area contributed by atoms with Gasteiger partial charge >= 0.3 is 0 Å². The minimum Gasteiger partial charge on any atom is -0.368 e. The number of rotatable bonds is 3. The highest BCUT2D eigenvalue weighted by atomic mass is 16.5. The molecule has 148 valence electrons. The van der Waals surface area contributed by atoms with Crippen LogP contribution < -0.4 is 4.90 Å². The summed E-state index contributed by atoms with van der Waals surface area (Å²) in [5, 5.41) is 1.05. The zero-order valence-corrected chi connectivity index (χ0v) is 16.3. The van der Waals surface area contributed by atoms with E-state index >= 15 is 0 Å². The number of carbonyl (C=O) groups is 1. The van der Waals surface area contributed by atoms with Crippen molar-refractivity contribution in [2.75, 3.05) is 37.7 Å². The van der Waals surface area contributed by atoms with Gasteiger partial charge in [0.15, 0.2) is 5.82 Å². The summed E-state index contributed by atoms with van der Waals surface area (Å²) in [4.78, 5) is 26.6. The van der Waals surface area contributed by atoms with Gasteiger partial charge in [-0.25, -0.2) is 9.97 Å². The number of aromatic nitrogens is 2. The Kier molecular flexibility index (Phi) is 4.86. The maximum atomic E-state index is 12.7. The molecular formula is C23H24N4O2. The van der Waals surface area contributed by atoms with Crippen molar-refractivity contribution in [1.82, 2.24) is 14.9 Å². The first-order valence-electron chi connectivity index (χ1n) is 10.3. The molecule has 2 aromatic carbocycles. The van der Waals surface area contributed by atoms with Gasteiger partial charge < -0.3 is 14.5 Å². The predicted octanol–water partition coefficient (Wildman–Crippen LogP) is 3.12. The van der Waals surface area contributed by atoms with E-state index in [-0.39, 0.29) is 12.0 Å². The van der Waals surface area contributed by atoms with Crippen LogP contribution >= 0.6 is 0 Å². The van der Waals surface area contributed by atoms with Crippen molar-refractivity contribution in [3.05, 3.63) is 54.6 Å². The monoisotopic (exact) mass is 388 g/mol. The molecule has 1 unspecified atom stereocenters. The Morgan fingerprint density at radius 1 is 0.931 bits per heavy atom. The molecule has 1 aromatic heterocycles. The predicted molar refractivity (Wildman–Crippen MR) is 113 cm³/mol. The van der Waals surface area contributed by atoms with Crippen molar-refractivity contribution in [3.63, 3.8) is 0 Å². The van der Waals surface area contributed by atoms with Gasteiger partial charge in [0, 0.05) is 43.7 Å². The maximum absolute atomic E-state index is 12.7. The second kappa shape index (κ2) is 7.79. The molecule has 0 N–H and O–H groups in total. The normalized spacial score (nSPS) is 19.7. The van der Waals surface area contributed by atoms with Gasteiger partial charge in [-0.15, -0.1) is 0 Å². The smallest absolute Gasteiger partial charge is 0.251 e. The fourth-order valence-corrected chi connectivity index (χ4v) is 4.13. The van der Waals surface area contributed by atoms with E-state index in [0.717, 1.165) is 54.0 Å². The van der Waals surface area contributed by atoms with Crippen LogP contribution in [0.3, 0.4) is 0 Å². The van der Waals surface area contributed by atoms with Crippen molar-refractivity contribution in [3.8, 4) is 11.4 Å². The van der Waals surface area contributed by atoms with Gasteiger partial charge in [0.2, 0.25) is 0 Å². The van der Waals surface area contributed by atoms with E-state index in [9.17, 15) is 4.79 Å². The zero-order chi connectivity index (χ0) is 19.6. The number of anilines is 1. The third-order valence-corrected chi connectivity index (χ3v) is 5.71. The van der Waals surface area contributed by atoms with E-state index in [1.54, 1.807) is 0 Å². The van der Waals surface area contributed by atoms with Crippen LogP contribution in [-0.4, -0.2) is 59.7 Å². The van der Waals surface area contributed by atoms with Crippen LogP contribution in [0.2, 0.25) is 0 Å². The summed E-state index contributed by atoms with van der Waals surface area (Å²) < 4.78 is 5.58. The number of hydrogen-bond donors (Lipinski definition) is 0. The molecule has 1 amide bonds. The van der Waals surface area contributed by atoms with Crippen LogP contribution in [-0.2, 0) is 9.53 Å². The fraction of sp³-hybridized carbons (Fsp3) is 0.348. The lowest BCUT2D eigenvalue weighted by Crippen LogP contribution is -2.51. The maximum Gasteiger partial charge on any atom is 0.251 e. The van der Waals surface area contributed by atoms with Gasteiger partial charge in [-0.05, 0) is 25.0 Å². The molecular weight excluding hydrogens is 364 g/mol. The quantitative estimate of drug-likeness (QED) is 0.690. The highest BCUT2D eigenvalue weighted by Crippen LogP contribution is 2.28. The first-order chi connectivity index (χ1) is 14.3. The first-order valence-corrected chi connectivity index (χ1v) is 10.3. The molecule has 5 rings (SSSR count). The number of para-hydroxylation sites is 1. The van der Waals surface area contributed by atoms with Crippen molar-refractivity contribution >= 4 is 22.6 Å². The van der Waals surface area contributed by atoms with Gasteiger partial charge in [0.25, 0.3) is 5.91 Å². The van der Waals surface area contributed by atoms with Crippen LogP contribution in [0.25, 0.3) is 22.3 Å². The lowest BCUT2D eigenvalue weighted by Gasteiger charge is -2.36. The Morgan fingerprint density at radius 2 is 1.69 bits per heavy atom. The topological polar surface area (TPSA) is 58.6 Å². The number of benzene rings is 2. The standard InChI is InChI=1S/C23H24N4O2/c28-23(20-11-6-16-29-20)27-14-12-26(13-15-27)22-18-9-4-5-10-19(18)24-21(25-22)17-7-2-1-3-8-17/h1-5,7-10,20H,6,11-16H2. The van der Waals surface area contributed by atoms with Crippen LogP contribution in [0.1, 0.15) is 12.8 Å². The Labute approximate surface area is 170 Å². The summed E-state index contributed by atoms with van der Waals surface area (Å²) in [5.74, 6) is 1.82. The average Bonchev–Trinajstić information content (AvgIpc) is 3.34. The van der Waals surface area contributed by atoms with Gasteiger partial charge in [-0.1, -0.05) is 42.5 Å². The number of nitrogens with zero attached hydrogens (tertiary/aromatic N) is 4. The van der Waals surface area contributed by atoms with E-state index in [0.29, 0.717) is 19.7 Å². The minimum absolute atomic E-state index is 0.139. The lowest BCUT2D eigenvalue weighted by atomic mass is 10.1. The third kappa shape index (κ3) is 3.56. The van der Waals surface area contributed by atoms with Crippen molar-refractivity contribution in [2.45, 2.75) is 18.9 Å². The Balaban J connectivity index is 1.42. The average molecular weight is 388 g/mol. The van der Waals surface area contributed by atoms with Crippen LogP contribution in [0.5, 0.6) is 0 Å². The first kappa shape index (κ1) is 18.1. The number of piperazine rings is 1. The second-order valence-corrected chi connectivity index (χ2v) is 7.57. The Hall–Kier alpha value is -2.99. The summed E-state index contributed by atoms with van der Waals surface area (Å²) in [6, 6.07) is 18.2. The third-order valence-electron chi connectivity index (χ3n) is 5.71. The molecule has 0 radical (unpaired) electrons. The summed E-state index contributed by atoms with van der Waals surface area (Å²) >= 11 is 0. The number of ether oxygens (including phenoxy) is 1. The van der Waals surface area contributed by atoms with Gasteiger partial charge in [0.05, 0.1) is 5.52 Å². The van der Waals surface area contributed by atoms with Crippen molar-refractivity contribution in [2.24, 2.45) is 0 Å². The van der Waals surface area contributed by atoms with Crippen LogP contribution in [0.4, 0.5) is 5.82 Å². The number of carbonyl (C=O) groups excluding carboxylic acids is 1. The van der Waals surface area contributed by atoms with Crippen LogP contribution in [0.15, 0.2) is 54.6 Å². The molecule has 6 nitrogen and oxygen atoms in total. The molecule has 2 fully saturated rings. The molecule has 2 saturated heterocycles. The van der Waals surface area contributed by atoms with E-state index in [2.05, 4.69) is 11.0 Å². The van der Waals surface area contributed by atoms with E-state index in [4.69, 9.17) is 14.7 Å². The number of fused-ring (bicyclic) bond motifs is 1. The second-order valence-electron chi connectivity index (χ2n) is 7.57. The Morgan fingerprint density at radius 3 is 2.45 bits per heavy atom. The molecule has 2 aliphatic rings. The lowest BCUT2D eigenvalue weighted by molar-refractivity contribution is -0.141. The van der Waals surface area contributed by atoms with E-state index < -0.39 is 0 Å². The molecule has 0 bridgehead atoms. The van der Waals surface area contributed by atoms with Gasteiger partial charge in [-0.3, -0.25) is 4.79 Å². The largest absolute Gasteiger partial charge is 0.368 e.